The third kappa shape index (κ3) is 8.94. The smallest absolute Gasteiger partial charge is 0.476 e. The van der Waals surface area contributed by atoms with Gasteiger partial charge in [0.1, 0.15) is 5.75 Å². The van der Waals surface area contributed by atoms with Crippen LogP contribution in [0.5, 0.6) is 5.75 Å². The summed E-state index contributed by atoms with van der Waals surface area (Å²) in [6, 6.07) is 7.57. The maximum Gasteiger partial charge on any atom is 0.490 e. The maximum absolute atomic E-state index is 11.7. The Bertz CT molecular complexity index is 556. The molecule has 0 radical (unpaired) electrons. The highest BCUT2D eigenvalue weighted by Crippen LogP contribution is 2.20. The second-order valence-electron chi connectivity index (χ2n) is 5.32. The number of alkyl halides is 3. The van der Waals surface area contributed by atoms with Crippen molar-refractivity contribution in [3.63, 3.8) is 0 Å². The Morgan fingerprint density at radius 3 is 2.00 bits per heavy atom. The summed E-state index contributed by atoms with van der Waals surface area (Å²) < 4.78 is 42.3. The van der Waals surface area contributed by atoms with Crippen molar-refractivity contribution in [2.45, 2.75) is 39.0 Å². The summed E-state index contributed by atoms with van der Waals surface area (Å²) >= 11 is 0. The van der Waals surface area contributed by atoms with Crippen molar-refractivity contribution in [3.05, 3.63) is 29.8 Å². The molecule has 6 nitrogen and oxygen atoms in total. The molecular formula is C16H22F3NO5. The summed E-state index contributed by atoms with van der Waals surface area (Å²) in [5.41, 5.74) is 5.65. The summed E-state index contributed by atoms with van der Waals surface area (Å²) in [6.45, 7) is 6.13. The van der Waals surface area contributed by atoms with E-state index in [0.29, 0.717) is 18.9 Å². The highest BCUT2D eigenvalue weighted by atomic mass is 19.4. The summed E-state index contributed by atoms with van der Waals surface area (Å²) in [5, 5.41) is 7.12. The number of hydrogen-bond donors (Lipinski definition) is 2. The average molecular weight is 365 g/mol. The Hall–Kier alpha value is -2.29. The summed E-state index contributed by atoms with van der Waals surface area (Å²) in [4.78, 5) is 20.6. The molecular weight excluding hydrogens is 343 g/mol. The Morgan fingerprint density at radius 2 is 1.64 bits per heavy atom. The molecule has 0 heterocycles. The molecule has 25 heavy (non-hydrogen) atoms. The van der Waals surface area contributed by atoms with Crippen LogP contribution in [-0.2, 0) is 20.7 Å². The SMILES string of the molecule is CCOC(=O)C(C)(C)Oc1ccc(CCN)cc1.O=C(O)C(F)(F)F. The van der Waals surface area contributed by atoms with Crippen molar-refractivity contribution in [2.75, 3.05) is 13.2 Å². The van der Waals surface area contributed by atoms with Crippen LogP contribution in [0.1, 0.15) is 26.3 Å². The number of carboxylic acids is 1. The Labute approximate surface area is 143 Å². The van der Waals surface area contributed by atoms with Gasteiger partial charge in [0.05, 0.1) is 6.61 Å². The van der Waals surface area contributed by atoms with E-state index in [1.165, 1.54) is 0 Å². The number of carboxylic acid groups (broad SMARTS) is 1. The normalized spacial score (nSPS) is 11.2. The Balaban J connectivity index is 0.000000697. The van der Waals surface area contributed by atoms with E-state index in [2.05, 4.69) is 0 Å². The summed E-state index contributed by atoms with van der Waals surface area (Å²) in [6.07, 6.45) is -4.25. The van der Waals surface area contributed by atoms with E-state index < -0.39 is 17.7 Å². The van der Waals surface area contributed by atoms with Gasteiger partial charge in [-0.1, -0.05) is 12.1 Å². The minimum absolute atomic E-state index is 0.348. The van der Waals surface area contributed by atoms with Crippen LogP contribution >= 0.6 is 0 Å². The highest BCUT2D eigenvalue weighted by Gasteiger charge is 2.38. The van der Waals surface area contributed by atoms with Crippen LogP contribution in [0.3, 0.4) is 0 Å². The molecule has 142 valence electrons. The molecule has 1 rings (SSSR count). The zero-order chi connectivity index (χ0) is 19.7. The third-order valence-corrected chi connectivity index (χ3v) is 2.74. The van der Waals surface area contributed by atoms with Crippen molar-refractivity contribution in [3.8, 4) is 5.75 Å². The molecule has 0 atom stereocenters. The molecule has 0 unspecified atom stereocenters. The van der Waals surface area contributed by atoms with Crippen LogP contribution in [-0.4, -0.2) is 42.0 Å². The molecule has 0 bridgehead atoms. The van der Waals surface area contributed by atoms with Crippen LogP contribution in [0.25, 0.3) is 0 Å². The Kier molecular flexibility index (Phi) is 8.97. The largest absolute Gasteiger partial charge is 0.490 e. The van der Waals surface area contributed by atoms with Gasteiger partial charge in [0, 0.05) is 0 Å². The van der Waals surface area contributed by atoms with Crippen LogP contribution in [0, 0.1) is 0 Å². The first-order valence-electron chi connectivity index (χ1n) is 7.39. The molecule has 1 aromatic carbocycles. The average Bonchev–Trinajstić information content (AvgIpc) is 2.49. The number of carbonyl (C=O) groups is 2. The number of benzene rings is 1. The molecule has 0 saturated heterocycles. The number of hydrogen-bond acceptors (Lipinski definition) is 5. The van der Waals surface area contributed by atoms with Gasteiger partial charge >= 0.3 is 18.1 Å². The van der Waals surface area contributed by atoms with Gasteiger partial charge in [0.15, 0.2) is 5.60 Å². The molecule has 0 spiro atoms. The molecule has 9 heteroatoms. The zero-order valence-corrected chi connectivity index (χ0v) is 14.2. The van der Waals surface area contributed by atoms with Crippen LogP contribution in [0.2, 0.25) is 0 Å². The number of nitrogens with two attached hydrogens (primary N) is 1. The number of ether oxygens (including phenoxy) is 2. The summed E-state index contributed by atoms with van der Waals surface area (Å²) in [7, 11) is 0. The van der Waals surface area contributed by atoms with E-state index in [9.17, 15) is 18.0 Å². The lowest BCUT2D eigenvalue weighted by atomic mass is 10.1. The number of halogens is 3. The van der Waals surface area contributed by atoms with Crippen LogP contribution in [0.15, 0.2) is 24.3 Å². The van der Waals surface area contributed by atoms with Crippen molar-refractivity contribution < 1.29 is 37.3 Å². The van der Waals surface area contributed by atoms with E-state index in [4.69, 9.17) is 25.1 Å². The predicted octanol–water partition coefficient (Wildman–Crippen LogP) is 2.54. The monoisotopic (exact) mass is 365 g/mol. The first-order chi connectivity index (χ1) is 11.4. The van der Waals surface area contributed by atoms with E-state index in [0.717, 1.165) is 12.0 Å². The number of aliphatic carboxylic acids is 1. The zero-order valence-electron chi connectivity index (χ0n) is 14.2. The van der Waals surface area contributed by atoms with E-state index in [1.54, 1.807) is 20.8 Å². The van der Waals surface area contributed by atoms with Crippen molar-refractivity contribution >= 4 is 11.9 Å². The van der Waals surface area contributed by atoms with E-state index in [-0.39, 0.29) is 5.97 Å². The molecule has 0 aliphatic carbocycles. The number of esters is 1. The fourth-order valence-corrected chi connectivity index (χ4v) is 1.53. The lowest BCUT2D eigenvalue weighted by Gasteiger charge is -2.24. The number of rotatable bonds is 6. The fraction of sp³-hybridized carbons (Fsp3) is 0.500. The number of carbonyl (C=O) groups excluding carboxylic acids is 1. The van der Waals surface area contributed by atoms with Gasteiger partial charge < -0.3 is 20.3 Å². The third-order valence-electron chi connectivity index (χ3n) is 2.74. The van der Waals surface area contributed by atoms with Gasteiger partial charge in [-0.3, -0.25) is 0 Å². The van der Waals surface area contributed by atoms with Crippen molar-refractivity contribution in [1.82, 2.24) is 0 Å². The maximum atomic E-state index is 11.7. The van der Waals surface area contributed by atoms with Gasteiger partial charge in [-0.2, -0.15) is 13.2 Å². The molecule has 0 aromatic heterocycles. The molecule has 0 fully saturated rings. The minimum atomic E-state index is -5.08. The van der Waals surface area contributed by atoms with Crippen molar-refractivity contribution in [2.24, 2.45) is 5.73 Å². The van der Waals surface area contributed by atoms with Crippen molar-refractivity contribution in [1.29, 1.82) is 0 Å². The quantitative estimate of drug-likeness (QED) is 0.752. The standard InChI is InChI=1S/C14H21NO3.C2HF3O2/c1-4-17-13(16)14(2,3)18-12-7-5-11(6-8-12)9-10-15;3-2(4,5)1(6)7/h5-8H,4,9-10,15H2,1-3H3;(H,6,7). The topological polar surface area (TPSA) is 98.9 Å². The molecule has 3 N–H and O–H groups in total. The lowest BCUT2D eigenvalue weighted by Crippen LogP contribution is -2.39. The van der Waals surface area contributed by atoms with Gasteiger partial charge in [-0.05, 0) is 51.4 Å². The lowest BCUT2D eigenvalue weighted by molar-refractivity contribution is -0.192. The molecule has 0 saturated carbocycles. The second-order valence-corrected chi connectivity index (χ2v) is 5.32. The first kappa shape index (κ1) is 22.7. The van der Waals surface area contributed by atoms with Gasteiger partial charge in [0.25, 0.3) is 0 Å². The first-order valence-corrected chi connectivity index (χ1v) is 7.39. The molecule has 0 aliphatic rings. The van der Waals surface area contributed by atoms with Crippen LogP contribution < -0.4 is 10.5 Å². The van der Waals surface area contributed by atoms with Crippen LogP contribution in [0.4, 0.5) is 13.2 Å². The molecule has 0 aliphatic heterocycles. The Morgan fingerprint density at radius 1 is 1.16 bits per heavy atom. The molecule has 1 aromatic rings. The van der Waals surface area contributed by atoms with Gasteiger partial charge in [0.2, 0.25) is 0 Å². The molecule has 0 amide bonds. The van der Waals surface area contributed by atoms with E-state index >= 15 is 0 Å². The predicted molar refractivity (Wildman–Crippen MR) is 84.2 cm³/mol. The summed E-state index contributed by atoms with van der Waals surface area (Å²) in [5.74, 6) is -2.47. The van der Waals surface area contributed by atoms with Gasteiger partial charge in [-0.25, -0.2) is 9.59 Å². The van der Waals surface area contributed by atoms with Gasteiger partial charge in [-0.15, -0.1) is 0 Å². The second kappa shape index (κ2) is 9.87. The minimum Gasteiger partial charge on any atom is -0.476 e. The fourth-order valence-electron chi connectivity index (χ4n) is 1.53. The highest BCUT2D eigenvalue weighted by molar-refractivity contribution is 5.79. The van der Waals surface area contributed by atoms with E-state index in [1.807, 2.05) is 24.3 Å².